The van der Waals surface area contributed by atoms with Gasteiger partial charge < -0.3 is 18.6 Å². The van der Waals surface area contributed by atoms with Gasteiger partial charge in [0.05, 0.1) is 12.0 Å². The number of fused-ring (bicyclic) bond motifs is 1. The lowest BCUT2D eigenvalue weighted by molar-refractivity contribution is -0.118. The first kappa shape index (κ1) is 18.5. The number of aryl methyl sites for hydroxylation is 1. The third kappa shape index (κ3) is 4.11. The maximum atomic E-state index is 12.9. The zero-order chi connectivity index (χ0) is 19.4. The maximum absolute atomic E-state index is 12.9. The van der Waals surface area contributed by atoms with Crippen molar-refractivity contribution >= 4 is 16.8 Å². The van der Waals surface area contributed by atoms with E-state index < -0.39 is 0 Å². The molecule has 6 nitrogen and oxygen atoms in total. The number of carbonyl (C=O) groups is 1. The molecule has 3 aromatic rings. The average Bonchev–Trinajstić information content (AvgIpc) is 2.64. The van der Waals surface area contributed by atoms with Crippen LogP contribution in [0.3, 0.4) is 0 Å². The van der Waals surface area contributed by atoms with Gasteiger partial charge in [0.1, 0.15) is 23.7 Å². The Balaban J connectivity index is 1.99. The number of ketones is 1. The van der Waals surface area contributed by atoms with Gasteiger partial charge in [-0.3, -0.25) is 9.59 Å². The van der Waals surface area contributed by atoms with E-state index in [1.807, 2.05) is 13.0 Å². The van der Waals surface area contributed by atoms with E-state index >= 15 is 0 Å². The lowest BCUT2D eigenvalue weighted by Crippen LogP contribution is -2.09. The Morgan fingerprint density at radius 1 is 1.07 bits per heavy atom. The fourth-order valence-corrected chi connectivity index (χ4v) is 2.58. The number of hydrogen-bond acceptors (Lipinski definition) is 6. The fraction of sp³-hybridized carbons (Fsp3) is 0.238. The number of rotatable bonds is 7. The summed E-state index contributed by atoms with van der Waals surface area (Å²) in [6.45, 7) is 5.41. The Kier molecular flexibility index (Phi) is 5.45. The molecule has 0 bridgehead atoms. The molecule has 140 valence electrons. The second-order valence-electron chi connectivity index (χ2n) is 5.95. The molecule has 2 aromatic carbocycles. The number of carbonyl (C=O) groups excluding carboxylic acids is 1. The molecule has 0 atom stereocenters. The van der Waals surface area contributed by atoms with Crippen molar-refractivity contribution in [2.75, 3.05) is 13.2 Å². The lowest BCUT2D eigenvalue weighted by atomic mass is 10.2. The quantitative estimate of drug-likeness (QED) is 0.620. The summed E-state index contributed by atoms with van der Waals surface area (Å²) in [7, 11) is 0. The summed E-state index contributed by atoms with van der Waals surface area (Å²) in [5.74, 6) is 1.79. The molecule has 0 saturated carbocycles. The normalized spacial score (nSPS) is 10.6. The molecular formula is C21H20O6. The van der Waals surface area contributed by atoms with Crippen molar-refractivity contribution in [2.24, 2.45) is 0 Å². The molecule has 0 unspecified atom stereocenters. The van der Waals surface area contributed by atoms with Crippen LogP contribution < -0.4 is 19.6 Å². The number of benzene rings is 2. The highest BCUT2D eigenvalue weighted by Crippen LogP contribution is 2.32. The van der Waals surface area contributed by atoms with Crippen LogP contribution in [0.4, 0.5) is 0 Å². The minimum atomic E-state index is -0.293. The maximum Gasteiger partial charge on any atom is 0.235 e. The van der Waals surface area contributed by atoms with Crippen molar-refractivity contribution in [1.29, 1.82) is 0 Å². The minimum Gasteiger partial charge on any atom is -0.490 e. The second kappa shape index (κ2) is 7.95. The highest BCUT2D eigenvalue weighted by Gasteiger charge is 2.16. The molecule has 1 aromatic heterocycles. The highest BCUT2D eigenvalue weighted by molar-refractivity contribution is 5.80. The average molecular weight is 368 g/mol. The molecule has 1 heterocycles. The predicted octanol–water partition coefficient (Wildman–Crippen LogP) is 4.26. The van der Waals surface area contributed by atoms with Crippen molar-refractivity contribution in [2.45, 2.75) is 20.8 Å². The smallest absolute Gasteiger partial charge is 0.235 e. The first-order valence-electron chi connectivity index (χ1n) is 8.59. The molecule has 0 aliphatic rings. The Bertz CT molecular complexity index is 1030. The van der Waals surface area contributed by atoms with Gasteiger partial charge in [0, 0.05) is 6.07 Å². The summed E-state index contributed by atoms with van der Waals surface area (Å²) < 4.78 is 22.5. The summed E-state index contributed by atoms with van der Waals surface area (Å²) in [6, 6.07) is 11.9. The van der Waals surface area contributed by atoms with E-state index in [0.717, 1.165) is 0 Å². The van der Waals surface area contributed by atoms with Gasteiger partial charge in [-0.1, -0.05) is 12.1 Å². The van der Waals surface area contributed by atoms with E-state index in [-0.39, 0.29) is 23.6 Å². The van der Waals surface area contributed by atoms with Crippen molar-refractivity contribution in [3.8, 4) is 23.0 Å². The molecule has 6 heteroatoms. The van der Waals surface area contributed by atoms with Crippen LogP contribution in [0.5, 0.6) is 23.0 Å². The van der Waals surface area contributed by atoms with Gasteiger partial charge in [-0.25, -0.2) is 0 Å². The molecule has 0 fully saturated rings. The number of ether oxygens (including phenoxy) is 3. The van der Waals surface area contributed by atoms with Crippen molar-refractivity contribution in [1.82, 2.24) is 0 Å². The lowest BCUT2D eigenvalue weighted by Gasteiger charge is -2.13. The van der Waals surface area contributed by atoms with E-state index in [2.05, 4.69) is 0 Å². The van der Waals surface area contributed by atoms with Crippen molar-refractivity contribution in [3.63, 3.8) is 0 Å². The van der Waals surface area contributed by atoms with Crippen LogP contribution in [-0.4, -0.2) is 19.0 Å². The number of para-hydroxylation sites is 2. The van der Waals surface area contributed by atoms with E-state index in [4.69, 9.17) is 18.6 Å². The van der Waals surface area contributed by atoms with Gasteiger partial charge in [-0.2, -0.15) is 0 Å². The standard InChI is InChI=1S/C21H20O6/c1-4-24-17-7-5-6-8-18(17)27-21-14(3)26-19-11-15(25-12-13(2)22)9-10-16(19)20(21)23/h5-11H,4,12H2,1-3H3. The van der Waals surface area contributed by atoms with Crippen LogP contribution in [0.25, 0.3) is 11.0 Å². The van der Waals surface area contributed by atoms with Crippen molar-refractivity contribution < 1.29 is 23.4 Å². The van der Waals surface area contributed by atoms with Gasteiger partial charge in [0.15, 0.2) is 17.3 Å². The monoisotopic (exact) mass is 368 g/mol. The number of Topliss-reactive ketones (excluding diaryl/α,β-unsaturated/α-hetero) is 1. The van der Waals surface area contributed by atoms with Crippen molar-refractivity contribution in [3.05, 3.63) is 58.4 Å². The van der Waals surface area contributed by atoms with Gasteiger partial charge >= 0.3 is 0 Å². The summed E-state index contributed by atoms with van der Waals surface area (Å²) in [4.78, 5) is 23.9. The Hall–Kier alpha value is -3.28. The van der Waals surface area contributed by atoms with Crippen LogP contribution in [0.2, 0.25) is 0 Å². The van der Waals surface area contributed by atoms with Crippen LogP contribution >= 0.6 is 0 Å². The SMILES string of the molecule is CCOc1ccccc1Oc1c(C)oc2cc(OCC(C)=O)ccc2c1=O. The molecule has 0 aliphatic carbocycles. The minimum absolute atomic E-state index is 0.0376. The summed E-state index contributed by atoms with van der Waals surface area (Å²) >= 11 is 0. The molecular weight excluding hydrogens is 348 g/mol. The topological polar surface area (TPSA) is 75.0 Å². The first-order chi connectivity index (χ1) is 13.0. The van der Waals surface area contributed by atoms with Crippen LogP contribution in [0.1, 0.15) is 19.6 Å². The van der Waals surface area contributed by atoms with Gasteiger partial charge in [-0.15, -0.1) is 0 Å². The van der Waals surface area contributed by atoms with Gasteiger partial charge in [-0.05, 0) is 45.0 Å². The molecule has 0 amide bonds. The summed E-state index contributed by atoms with van der Waals surface area (Å²) in [5.41, 5.74) is 0.0714. The highest BCUT2D eigenvalue weighted by atomic mass is 16.5. The van der Waals surface area contributed by atoms with E-state index in [0.29, 0.717) is 40.6 Å². The number of hydrogen-bond donors (Lipinski definition) is 0. The molecule has 0 saturated heterocycles. The molecule has 0 radical (unpaired) electrons. The second-order valence-corrected chi connectivity index (χ2v) is 5.95. The van der Waals surface area contributed by atoms with Crippen LogP contribution in [0.15, 0.2) is 51.7 Å². The zero-order valence-corrected chi connectivity index (χ0v) is 15.4. The molecule has 3 rings (SSSR count). The first-order valence-corrected chi connectivity index (χ1v) is 8.59. The van der Waals surface area contributed by atoms with Gasteiger partial charge in [0.25, 0.3) is 0 Å². The van der Waals surface area contributed by atoms with E-state index in [9.17, 15) is 9.59 Å². The van der Waals surface area contributed by atoms with Gasteiger partial charge in [0.2, 0.25) is 11.2 Å². The molecule has 0 N–H and O–H groups in total. The molecule has 0 spiro atoms. The fourth-order valence-electron chi connectivity index (χ4n) is 2.58. The Morgan fingerprint density at radius 2 is 1.81 bits per heavy atom. The third-order valence-corrected chi connectivity index (χ3v) is 3.79. The largest absolute Gasteiger partial charge is 0.490 e. The van der Waals surface area contributed by atoms with E-state index in [1.165, 1.54) is 6.92 Å². The Morgan fingerprint density at radius 3 is 2.52 bits per heavy atom. The molecule has 0 aliphatic heterocycles. The van der Waals surface area contributed by atoms with Crippen LogP contribution in [-0.2, 0) is 4.79 Å². The summed E-state index contributed by atoms with van der Waals surface area (Å²) in [6.07, 6.45) is 0. The predicted molar refractivity (Wildman–Crippen MR) is 101 cm³/mol. The van der Waals surface area contributed by atoms with Crippen LogP contribution in [0, 0.1) is 6.92 Å². The molecule has 27 heavy (non-hydrogen) atoms. The third-order valence-electron chi connectivity index (χ3n) is 3.79. The van der Waals surface area contributed by atoms with E-state index in [1.54, 1.807) is 43.3 Å². The summed E-state index contributed by atoms with van der Waals surface area (Å²) in [5, 5.41) is 0.361. The zero-order valence-electron chi connectivity index (χ0n) is 15.4. The Labute approximate surface area is 156 Å².